The number of alkyl halides is 1. The summed E-state index contributed by atoms with van der Waals surface area (Å²) in [5, 5.41) is -0.635. The molecule has 0 spiro atoms. The zero-order valence-electron chi connectivity index (χ0n) is 11.0. The van der Waals surface area contributed by atoms with E-state index < -0.39 is 11.2 Å². The Morgan fingerprint density at radius 3 is 2.35 bits per heavy atom. The van der Waals surface area contributed by atoms with Crippen LogP contribution in [0, 0.1) is 5.82 Å². The summed E-state index contributed by atoms with van der Waals surface area (Å²) in [7, 11) is 3.05. The van der Waals surface area contributed by atoms with Gasteiger partial charge in [0.25, 0.3) is 0 Å². The van der Waals surface area contributed by atoms with Crippen molar-refractivity contribution in [2.24, 2.45) is 0 Å². The standard InChI is InChI=1S/C15H13BrClFO2/c1-19-10-4-6-11(13(18)8-10)15(17)12-5-3-9(16)7-14(12)20-2/h3-8,15H,1-2H3. The molecule has 2 nitrogen and oxygen atoms in total. The van der Waals surface area contributed by atoms with Crippen LogP contribution in [0.15, 0.2) is 40.9 Å². The van der Waals surface area contributed by atoms with Crippen LogP contribution in [0.4, 0.5) is 4.39 Å². The SMILES string of the molecule is COc1ccc(C(Cl)c2ccc(Br)cc2OC)c(F)c1. The zero-order chi connectivity index (χ0) is 14.7. The summed E-state index contributed by atoms with van der Waals surface area (Å²) >= 11 is 9.75. The first-order chi connectivity index (χ1) is 9.56. The van der Waals surface area contributed by atoms with Gasteiger partial charge in [-0.1, -0.05) is 28.1 Å². The van der Waals surface area contributed by atoms with E-state index in [0.717, 1.165) is 4.47 Å². The van der Waals surface area contributed by atoms with E-state index in [1.165, 1.54) is 13.2 Å². The zero-order valence-corrected chi connectivity index (χ0v) is 13.3. The Kier molecular flexibility index (Phi) is 4.89. The van der Waals surface area contributed by atoms with Crippen molar-refractivity contribution in [2.75, 3.05) is 14.2 Å². The Labute approximate surface area is 130 Å². The van der Waals surface area contributed by atoms with Gasteiger partial charge in [-0.05, 0) is 18.2 Å². The van der Waals surface area contributed by atoms with Gasteiger partial charge in [-0.25, -0.2) is 4.39 Å². The summed E-state index contributed by atoms with van der Waals surface area (Å²) in [6, 6.07) is 10.1. The highest BCUT2D eigenvalue weighted by molar-refractivity contribution is 9.10. The van der Waals surface area contributed by atoms with Crippen LogP contribution in [0.1, 0.15) is 16.5 Å². The topological polar surface area (TPSA) is 18.5 Å². The maximum Gasteiger partial charge on any atom is 0.131 e. The second-order valence-corrected chi connectivity index (χ2v) is 5.49. The molecule has 0 bridgehead atoms. The van der Waals surface area contributed by atoms with Crippen molar-refractivity contribution in [3.8, 4) is 11.5 Å². The molecule has 0 saturated carbocycles. The van der Waals surface area contributed by atoms with E-state index in [0.29, 0.717) is 22.6 Å². The molecule has 0 aliphatic carbocycles. The quantitative estimate of drug-likeness (QED) is 0.720. The van der Waals surface area contributed by atoms with E-state index in [2.05, 4.69) is 15.9 Å². The highest BCUT2D eigenvalue weighted by Gasteiger charge is 2.19. The van der Waals surface area contributed by atoms with Crippen molar-refractivity contribution < 1.29 is 13.9 Å². The monoisotopic (exact) mass is 358 g/mol. The van der Waals surface area contributed by atoms with Crippen LogP contribution < -0.4 is 9.47 Å². The lowest BCUT2D eigenvalue weighted by Gasteiger charge is -2.16. The normalized spacial score (nSPS) is 12.1. The molecule has 2 rings (SSSR count). The molecule has 0 radical (unpaired) electrons. The van der Waals surface area contributed by atoms with Gasteiger partial charge in [0.05, 0.1) is 19.6 Å². The van der Waals surface area contributed by atoms with Gasteiger partial charge in [0, 0.05) is 21.7 Å². The first kappa shape index (κ1) is 15.1. The first-order valence-corrected chi connectivity index (χ1v) is 7.10. The minimum atomic E-state index is -0.635. The van der Waals surface area contributed by atoms with Gasteiger partial charge in [0.1, 0.15) is 17.3 Å². The second kappa shape index (κ2) is 6.46. The minimum absolute atomic E-state index is 0.382. The van der Waals surface area contributed by atoms with Crippen molar-refractivity contribution in [3.05, 3.63) is 57.8 Å². The van der Waals surface area contributed by atoms with Crippen LogP contribution in [0.2, 0.25) is 0 Å². The summed E-state index contributed by atoms with van der Waals surface area (Å²) < 4.78 is 25.2. The van der Waals surface area contributed by atoms with Crippen molar-refractivity contribution >= 4 is 27.5 Å². The molecule has 2 aromatic rings. The summed E-state index contributed by atoms with van der Waals surface area (Å²) in [6.45, 7) is 0. The predicted octanol–water partition coefficient (Wildman–Crippen LogP) is 4.93. The Bertz CT molecular complexity index is 619. The maximum absolute atomic E-state index is 14.1. The lowest BCUT2D eigenvalue weighted by molar-refractivity contribution is 0.408. The van der Waals surface area contributed by atoms with Gasteiger partial charge < -0.3 is 9.47 Å². The van der Waals surface area contributed by atoms with Crippen molar-refractivity contribution in [2.45, 2.75) is 5.38 Å². The molecule has 0 heterocycles. The molecule has 0 amide bonds. The number of benzene rings is 2. The number of hydrogen-bond acceptors (Lipinski definition) is 2. The van der Waals surface area contributed by atoms with Crippen molar-refractivity contribution in [1.29, 1.82) is 0 Å². The van der Waals surface area contributed by atoms with Gasteiger partial charge >= 0.3 is 0 Å². The number of halogens is 3. The molecule has 1 atom stereocenters. The Hall–Kier alpha value is -1.26. The van der Waals surface area contributed by atoms with Gasteiger partial charge in [0.15, 0.2) is 0 Å². The second-order valence-electron chi connectivity index (χ2n) is 4.14. The molecular formula is C15H13BrClFO2. The highest BCUT2D eigenvalue weighted by Crippen LogP contribution is 2.38. The molecule has 0 saturated heterocycles. The molecular weight excluding hydrogens is 347 g/mol. The number of hydrogen-bond donors (Lipinski definition) is 0. The smallest absolute Gasteiger partial charge is 0.131 e. The van der Waals surface area contributed by atoms with E-state index in [1.807, 2.05) is 12.1 Å². The first-order valence-electron chi connectivity index (χ1n) is 5.87. The molecule has 1 unspecified atom stereocenters. The van der Waals surface area contributed by atoms with E-state index >= 15 is 0 Å². The van der Waals surface area contributed by atoms with Crippen LogP contribution in [-0.2, 0) is 0 Å². The summed E-state index contributed by atoms with van der Waals surface area (Å²) in [5.41, 5.74) is 1.09. The van der Waals surface area contributed by atoms with Crippen LogP contribution in [0.3, 0.4) is 0 Å². The third kappa shape index (κ3) is 3.07. The largest absolute Gasteiger partial charge is 0.497 e. The van der Waals surface area contributed by atoms with Crippen molar-refractivity contribution in [1.82, 2.24) is 0 Å². The fourth-order valence-electron chi connectivity index (χ4n) is 1.90. The van der Waals surface area contributed by atoms with E-state index in [-0.39, 0.29) is 0 Å². The average Bonchev–Trinajstić information content (AvgIpc) is 2.46. The lowest BCUT2D eigenvalue weighted by Crippen LogP contribution is -2.00. The maximum atomic E-state index is 14.1. The van der Waals surface area contributed by atoms with E-state index in [4.69, 9.17) is 21.1 Å². The Balaban J connectivity index is 2.43. The number of rotatable bonds is 4. The number of ether oxygens (including phenoxy) is 2. The van der Waals surface area contributed by atoms with Crippen LogP contribution in [0.25, 0.3) is 0 Å². The van der Waals surface area contributed by atoms with Gasteiger partial charge in [-0.15, -0.1) is 11.6 Å². The van der Waals surface area contributed by atoms with Gasteiger partial charge in [-0.2, -0.15) is 0 Å². The minimum Gasteiger partial charge on any atom is -0.497 e. The fourth-order valence-corrected chi connectivity index (χ4v) is 2.60. The lowest BCUT2D eigenvalue weighted by atomic mass is 10.0. The molecule has 106 valence electrons. The molecule has 0 N–H and O–H groups in total. The van der Waals surface area contributed by atoms with E-state index in [1.54, 1.807) is 25.3 Å². The fraction of sp³-hybridized carbons (Fsp3) is 0.200. The van der Waals surface area contributed by atoms with Gasteiger partial charge in [-0.3, -0.25) is 0 Å². The van der Waals surface area contributed by atoms with Crippen molar-refractivity contribution in [3.63, 3.8) is 0 Å². The third-order valence-electron chi connectivity index (χ3n) is 2.95. The molecule has 0 aliphatic rings. The Morgan fingerprint density at radius 1 is 1.05 bits per heavy atom. The average molecular weight is 360 g/mol. The van der Waals surface area contributed by atoms with E-state index in [9.17, 15) is 4.39 Å². The van der Waals surface area contributed by atoms with Crippen LogP contribution in [0.5, 0.6) is 11.5 Å². The molecule has 2 aromatic carbocycles. The Morgan fingerprint density at radius 2 is 1.75 bits per heavy atom. The number of methoxy groups -OCH3 is 2. The molecule has 0 aromatic heterocycles. The third-order valence-corrected chi connectivity index (χ3v) is 3.91. The molecule has 5 heteroatoms. The highest BCUT2D eigenvalue weighted by atomic mass is 79.9. The van der Waals surface area contributed by atoms with Crippen LogP contribution in [-0.4, -0.2) is 14.2 Å². The van der Waals surface area contributed by atoms with Crippen LogP contribution >= 0.6 is 27.5 Å². The van der Waals surface area contributed by atoms with Gasteiger partial charge in [0.2, 0.25) is 0 Å². The molecule has 0 aliphatic heterocycles. The summed E-state index contributed by atoms with van der Waals surface area (Å²) in [4.78, 5) is 0. The predicted molar refractivity (Wildman–Crippen MR) is 81.3 cm³/mol. The molecule has 20 heavy (non-hydrogen) atoms. The summed E-state index contributed by atoms with van der Waals surface area (Å²) in [6.07, 6.45) is 0. The summed E-state index contributed by atoms with van der Waals surface area (Å²) in [5.74, 6) is 0.654. The molecule has 0 fully saturated rings.